The van der Waals surface area contributed by atoms with E-state index in [1.165, 1.54) is 30.5 Å². The van der Waals surface area contributed by atoms with Gasteiger partial charge in [-0.25, -0.2) is 10.2 Å². The molecule has 0 unspecified atom stereocenters. The lowest BCUT2D eigenvalue weighted by Crippen LogP contribution is -2.35. The molecule has 0 aliphatic heterocycles. The molecule has 0 aromatic heterocycles. The molecule has 0 radical (unpaired) electrons. The van der Waals surface area contributed by atoms with Crippen LogP contribution in [-0.4, -0.2) is 37.1 Å². The molecule has 36 heavy (non-hydrogen) atoms. The highest BCUT2D eigenvalue weighted by molar-refractivity contribution is 6.36. The van der Waals surface area contributed by atoms with Gasteiger partial charge in [-0.1, -0.05) is 41.4 Å². The molecule has 3 aromatic rings. The molecule has 8 nitrogen and oxygen atoms in total. The van der Waals surface area contributed by atoms with Crippen molar-refractivity contribution < 1.29 is 23.9 Å². The van der Waals surface area contributed by atoms with Gasteiger partial charge in [0.1, 0.15) is 0 Å². The van der Waals surface area contributed by atoms with Crippen molar-refractivity contribution in [3.05, 3.63) is 93.0 Å². The van der Waals surface area contributed by atoms with E-state index in [9.17, 15) is 14.4 Å². The van der Waals surface area contributed by atoms with Crippen molar-refractivity contribution in [3.63, 3.8) is 0 Å². The zero-order chi connectivity index (χ0) is 26.1. The number of amides is 2. The second-order valence-electron chi connectivity index (χ2n) is 7.44. The summed E-state index contributed by atoms with van der Waals surface area (Å²) in [4.78, 5) is 36.8. The summed E-state index contributed by atoms with van der Waals surface area (Å²) in [7, 11) is 0. The standard InChI is InChI=1S/C26H23Cl2N3O5/c1-3-35-23-12-17(8-11-22(23)36-26(34)20-10-9-18(27)13-21(20)28)14-30-31-24(32)15-29-25(33)19-7-5-4-6-16(19)2/h4-14H,3,15H2,1-2H3,(H,29,33)(H,31,32)/b30-14-. The van der Waals surface area contributed by atoms with Gasteiger partial charge < -0.3 is 14.8 Å². The summed E-state index contributed by atoms with van der Waals surface area (Å²) in [5.74, 6) is -1.02. The minimum absolute atomic E-state index is 0.159. The number of aryl methyl sites for hydroxylation is 1. The minimum Gasteiger partial charge on any atom is -0.490 e. The van der Waals surface area contributed by atoms with E-state index in [0.29, 0.717) is 28.5 Å². The first-order valence-electron chi connectivity index (χ1n) is 10.9. The largest absolute Gasteiger partial charge is 0.490 e. The van der Waals surface area contributed by atoms with Gasteiger partial charge in [-0.05, 0) is 67.4 Å². The number of carbonyl (C=O) groups excluding carboxylic acids is 3. The fourth-order valence-corrected chi connectivity index (χ4v) is 3.55. The Kier molecular flexibility index (Phi) is 9.44. The number of rotatable bonds is 9. The van der Waals surface area contributed by atoms with Crippen LogP contribution in [0.4, 0.5) is 0 Å². The zero-order valence-electron chi connectivity index (χ0n) is 19.5. The third kappa shape index (κ3) is 7.31. The number of hydrogen-bond acceptors (Lipinski definition) is 6. The Morgan fingerprint density at radius 1 is 0.972 bits per heavy atom. The van der Waals surface area contributed by atoms with E-state index < -0.39 is 11.9 Å². The third-order valence-corrected chi connectivity index (χ3v) is 5.37. The lowest BCUT2D eigenvalue weighted by atomic mass is 10.1. The van der Waals surface area contributed by atoms with Gasteiger partial charge in [0.2, 0.25) is 0 Å². The number of nitrogens with one attached hydrogen (secondary N) is 2. The van der Waals surface area contributed by atoms with E-state index in [4.69, 9.17) is 32.7 Å². The molecule has 10 heteroatoms. The van der Waals surface area contributed by atoms with Crippen molar-refractivity contribution in [1.29, 1.82) is 0 Å². The molecule has 0 heterocycles. The van der Waals surface area contributed by atoms with Crippen LogP contribution in [0.2, 0.25) is 10.0 Å². The van der Waals surface area contributed by atoms with Crippen LogP contribution < -0.4 is 20.2 Å². The molecule has 3 aromatic carbocycles. The van der Waals surface area contributed by atoms with Crippen LogP contribution in [0.25, 0.3) is 0 Å². The topological polar surface area (TPSA) is 106 Å². The number of carbonyl (C=O) groups is 3. The summed E-state index contributed by atoms with van der Waals surface area (Å²) in [6.07, 6.45) is 1.39. The number of ether oxygens (including phenoxy) is 2. The Morgan fingerprint density at radius 2 is 1.75 bits per heavy atom. The van der Waals surface area contributed by atoms with E-state index in [-0.39, 0.29) is 28.8 Å². The molecule has 0 aliphatic carbocycles. The second-order valence-corrected chi connectivity index (χ2v) is 8.29. The van der Waals surface area contributed by atoms with Crippen molar-refractivity contribution in [3.8, 4) is 11.5 Å². The Morgan fingerprint density at radius 3 is 2.47 bits per heavy atom. The van der Waals surface area contributed by atoms with Gasteiger partial charge in [0.05, 0.1) is 30.0 Å². The third-order valence-electron chi connectivity index (χ3n) is 4.82. The van der Waals surface area contributed by atoms with Crippen molar-refractivity contribution >= 4 is 47.2 Å². The molecule has 3 rings (SSSR count). The predicted molar refractivity (Wildman–Crippen MR) is 138 cm³/mol. The zero-order valence-corrected chi connectivity index (χ0v) is 21.0. The first kappa shape index (κ1) is 26.7. The highest BCUT2D eigenvalue weighted by atomic mass is 35.5. The summed E-state index contributed by atoms with van der Waals surface area (Å²) in [5.41, 5.74) is 4.39. The van der Waals surface area contributed by atoms with Crippen LogP contribution in [-0.2, 0) is 4.79 Å². The summed E-state index contributed by atoms with van der Waals surface area (Å²) in [5, 5.41) is 7.02. The molecule has 0 saturated heterocycles. The van der Waals surface area contributed by atoms with Gasteiger partial charge in [-0.2, -0.15) is 5.10 Å². The van der Waals surface area contributed by atoms with E-state index in [1.807, 2.05) is 19.1 Å². The van der Waals surface area contributed by atoms with Gasteiger partial charge in [0.15, 0.2) is 11.5 Å². The SMILES string of the molecule is CCOc1cc(/C=N\NC(=O)CNC(=O)c2ccccc2C)ccc1OC(=O)c1ccc(Cl)cc1Cl. The Bertz CT molecular complexity index is 1310. The summed E-state index contributed by atoms with van der Waals surface area (Å²) >= 11 is 12.0. The number of nitrogens with zero attached hydrogens (tertiary/aromatic N) is 1. The maximum atomic E-state index is 12.5. The van der Waals surface area contributed by atoms with Gasteiger partial charge in [-0.3, -0.25) is 9.59 Å². The van der Waals surface area contributed by atoms with Crippen LogP contribution in [0, 0.1) is 6.92 Å². The first-order valence-corrected chi connectivity index (χ1v) is 11.6. The van der Waals surface area contributed by atoms with E-state index >= 15 is 0 Å². The van der Waals surface area contributed by atoms with Gasteiger partial charge in [-0.15, -0.1) is 0 Å². The predicted octanol–water partition coefficient (Wildman–Crippen LogP) is 4.80. The normalized spacial score (nSPS) is 10.7. The van der Waals surface area contributed by atoms with E-state index in [1.54, 1.807) is 31.2 Å². The molecule has 2 N–H and O–H groups in total. The molecular weight excluding hydrogens is 505 g/mol. The average molecular weight is 528 g/mol. The van der Waals surface area contributed by atoms with Gasteiger partial charge in [0, 0.05) is 10.6 Å². The van der Waals surface area contributed by atoms with E-state index in [2.05, 4.69) is 15.8 Å². The molecular formula is C26H23Cl2N3O5. The molecule has 0 atom stereocenters. The van der Waals surface area contributed by atoms with Crippen LogP contribution in [0.3, 0.4) is 0 Å². The first-order chi connectivity index (χ1) is 17.3. The number of hydrogen-bond donors (Lipinski definition) is 2. The smallest absolute Gasteiger partial charge is 0.345 e. The van der Waals surface area contributed by atoms with Crippen molar-refractivity contribution in [1.82, 2.24) is 10.7 Å². The number of hydrazone groups is 1. The Balaban J connectivity index is 1.60. The summed E-state index contributed by atoms with van der Waals surface area (Å²) in [6, 6.07) is 16.3. The molecule has 0 spiro atoms. The maximum absolute atomic E-state index is 12.5. The minimum atomic E-state index is -0.668. The van der Waals surface area contributed by atoms with Gasteiger partial charge >= 0.3 is 5.97 Å². The lowest BCUT2D eigenvalue weighted by Gasteiger charge is -2.12. The molecule has 2 amide bonds. The Labute approximate surface area is 218 Å². The van der Waals surface area contributed by atoms with Crippen molar-refractivity contribution in [2.45, 2.75) is 13.8 Å². The Hall–Kier alpha value is -3.88. The molecule has 0 aliphatic rings. The highest BCUT2D eigenvalue weighted by Crippen LogP contribution is 2.30. The molecule has 0 saturated carbocycles. The monoisotopic (exact) mass is 527 g/mol. The van der Waals surface area contributed by atoms with Crippen molar-refractivity contribution in [2.75, 3.05) is 13.2 Å². The lowest BCUT2D eigenvalue weighted by molar-refractivity contribution is -0.120. The maximum Gasteiger partial charge on any atom is 0.345 e. The molecule has 186 valence electrons. The highest BCUT2D eigenvalue weighted by Gasteiger charge is 2.16. The van der Waals surface area contributed by atoms with Crippen LogP contribution in [0.1, 0.15) is 38.8 Å². The summed E-state index contributed by atoms with van der Waals surface area (Å²) < 4.78 is 11.0. The van der Waals surface area contributed by atoms with Crippen LogP contribution in [0.5, 0.6) is 11.5 Å². The quantitative estimate of drug-likeness (QED) is 0.180. The van der Waals surface area contributed by atoms with E-state index in [0.717, 1.165) is 5.56 Å². The number of benzene rings is 3. The second kappa shape index (κ2) is 12.7. The van der Waals surface area contributed by atoms with Crippen LogP contribution >= 0.6 is 23.2 Å². The summed E-state index contributed by atoms with van der Waals surface area (Å²) in [6.45, 7) is 3.68. The molecule has 0 bridgehead atoms. The number of esters is 1. The number of halogens is 2. The van der Waals surface area contributed by atoms with Gasteiger partial charge in [0.25, 0.3) is 11.8 Å². The molecule has 0 fully saturated rings. The van der Waals surface area contributed by atoms with Crippen LogP contribution in [0.15, 0.2) is 65.8 Å². The van der Waals surface area contributed by atoms with Crippen molar-refractivity contribution in [2.24, 2.45) is 5.10 Å². The fraction of sp³-hybridized carbons (Fsp3) is 0.154. The fourth-order valence-electron chi connectivity index (χ4n) is 3.07. The average Bonchev–Trinajstić information content (AvgIpc) is 2.84.